The predicted molar refractivity (Wildman–Crippen MR) is 94.4 cm³/mol. The van der Waals surface area contributed by atoms with Gasteiger partial charge in [-0.1, -0.05) is 6.07 Å². The number of rotatable bonds is 3. The molecule has 0 saturated carbocycles. The van der Waals surface area contributed by atoms with E-state index in [1.165, 1.54) is 22.4 Å². The van der Waals surface area contributed by atoms with Gasteiger partial charge in [0.05, 0.1) is 12.3 Å². The summed E-state index contributed by atoms with van der Waals surface area (Å²) in [4.78, 5) is 13.9. The van der Waals surface area contributed by atoms with Gasteiger partial charge in [0.15, 0.2) is 0 Å². The average molecular weight is 324 g/mol. The fraction of sp³-hybridized carbons (Fsp3) is 0.474. The van der Waals surface area contributed by atoms with Gasteiger partial charge in [-0.3, -0.25) is 0 Å². The van der Waals surface area contributed by atoms with Crippen molar-refractivity contribution in [2.45, 2.75) is 32.9 Å². The topological polar surface area (TPSA) is 41.5 Å². The Kier molecular flexibility index (Phi) is 4.10. The number of likely N-dealkylation sites (N-methyl/N-ethyl adjacent to an activating group) is 1. The smallest absolute Gasteiger partial charge is 0.137 e. The zero-order chi connectivity index (χ0) is 16.5. The van der Waals surface area contributed by atoms with Gasteiger partial charge in [-0.2, -0.15) is 0 Å². The molecule has 4 rings (SSSR count). The number of benzene rings is 1. The number of nitrogens with zero attached hydrogens (tertiary/aromatic N) is 4. The van der Waals surface area contributed by atoms with Gasteiger partial charge in [0.25, 0.3) is 0 Å². The van der Waals surface area contributed by atoms with Crippen LogP contribution in [0.25, 0.3) is 0 Å². The Bertz CT molecular complexity index is 746. The lowest BCUT2D eigenvalue weighted by Crippen LogP contribution is -2.35. The maximum Gasteiger partial charge on any atom is 0.137 e. The van der Waals surface area contributed by atoms with E-state index >= 15 is 0 Å². The number of anilines is 1. The van der Waals surface area contributed by atoms with E-state index in [1.54, 1.807) is 6.33 Å². The molecule has 0 N–H and O–H groups in total. The summed E-state index contributed by atoms with van der Waals surface area (Å²) in [5.74, 6) is 2.07. The minimum absolute atomic E-state index is 0.703. The van der Waals surface area contributed by atoms with Crippen LogP contribution in [0, 0.1) is 0 Å². The van der Waals surface area contributed by atoms with Crippen LogP contribution in [0.1, 0.15) is 29.3 Å². The Morgan fingerprint density at radius 1 is 1.08 bits per heavy atom. The highest BCUT2D eigenvalue weighted by Crippen LogP contribution is 2.30. The van der Waals surface area contributed by atoms with Gasteiger partial charge in [0.1, 0.15) is 17.9 Å². The summed E-state index contributed by atoms with van der Waals surface area (Å²) in [7, 11) is 2.17. The lowest BCUT2D eigenvalue weighted by molar-refractivity contribution is 0.309. The van der Waals surface area contributed by atoms with Crippen LogP contribution in [0.2, 0.25) is 0 Å². The van der Waals surface area contributed by atoms with Crippen molar-refractivity contribution in [3.63, 3.8) is 0 Å². The minimum Gasteiger partial charge on any atom is -0.494 e. The number of fused-ring (bicyclic) bond motifs is 2. The van der Waals surface area contributed by atoms with Gasteiger partial charge in [-0.15, -0.1) is 0 Å². The molecule has 0 spiro atoms. The van der Waals surface area contributed by atoms with Crippen LogP contribution >= 0.6 is 0 Å². The molecule has 1 aromatic heterocycles. The zero-order valence-corrected chi connectivity index (χ0v) is 14.5. The van der Waals surface area contributed by atoms with Gasteiger partial charge >= 0.3 is 0 Å². The lowest BCUT2D eigenvalue weighted by Gasteiger charge is -2.34. The molecule has 0 atom stereocenters. The molecule has 0 aliphatic carbocycles. The second kappa shape index (κ2) is 6.40. The first-order chi connectivity index (χ1) is 11.7. The molecular formula is C19H24N4O. The van der Waals surface area contributed by atoms with Gasteiger partial charge in [0.2, 0.25) is 0 Å². The van der Waals surface area contributed by atoms with Crippen LogP contribution in [0.4, 0.5) is 5.82 Å². The molecule has 126 valence electrons. The van der Waals surface area contributed by atoms with E-state index in [1.807, 2.05) is 6.92 Å². The largest absolute Gasteiger partial charge is 0.494 e. The second-order valence-corrected chi connectivity index (χ2v) is 6.65. The van der Waals surface area contributed by atoms with E-state index in [9.17, 15) is 0 Å². The molecular weight excluding hydrogens is 300 g/mol. The summed E-state index contributed by atoms with van der Waals surface area (Å²) in [5, 5.41) is 0. The van der Waals surface area contributed by atoms with E-state index in [0.717, 1.165) is 50.6 Å². The van der Waals surface area contributed by atoms with E-state index < -0.39 is 0 Å². The standard InChI is InChI=1S/C19H24N4O/c1-3-24-16-5-4-14-6-9-23(11-15(14)10-16)19-17-12-22(2)8-7-18(17)20-13-21-19/h4-5,10,13H,3,6-9,11-12H2,1-2H3. The monoisotopic (exact) mass is 324 g/mol. The third-order valence-electron chi connectivity index (χ3n) is 4.97. The average Bonchev–Trinajstić information content (AvgIpc) is 2.61. The number of hydrogen-bond acceptors (Lipinski definition) is 5. The van der Waals surface area contributed by atoms with Crippen molar-refractivity contribution >= 4 is 5.82 Å². The Labute approximate surface area is 143 Å². The number of hydrogen-bond donors (Lipinski definition) is 0. The first kappa shape index (κ1) is 15.4. The van der Waals surface area contributed by atoms with Crippen molar-refractivity contribution in [2.24, 2.45) is 0 Å². The molecule has 0 radical (unpaired) electrons. The highest BCUT2D eigenvalue weighted by atomic mass is 16.5. The van der Waals surface area contributed by atoms with Crippen molar-refractivity contribution in [1.29, 1.82) is 0 Å². The molecule has 5 heteroatoms. The maximum atomic E-state index is 5.67. The van der Waals surface area contributed by atoms with Crippen LogP contribution in [-0.4, -0.2) is 41.6 Å². The molecule has 0 fully saturated rings. The van der Waals surface area contributed by atoms with Crippen molar-refractivity contribution < 1.29 is 4.74 Å². The SMILES string of the molecule is CCOc1ccc2c(c1)CN(c1ncnc3c1CN(C)CC3)CC2. The van der Waals surface area contributed by atoms with Crippen molar-refractivity contribution in [2.75, 3.05) is 31.6 Å². The van der Waals surface area contributed by atoms with Gasteiger partial charge in [-0.25, -0.2) is 9.97 Å². The molecule has 0 amide bonds. The Morgan fingerprint density at radius 3 is 2.88 bits per heavy atom. The van der Waals surface area contributed by atoms with E-state index in [2.05, 4.69) is 45.0 Å². The molecule has 24 heavy (non-hydrogen) atoms. The number of ether oxygens (including phenoxy) is 1. The Morgan fingerprint density at radius 2 is 2.00 bits per heavy atom. The highest BCUT2D eigenvalue weighted by molar-refractivity contribution is 5.52. The summed E-state index contributed by atoms with van der Waals surface area (Å²) >= 11 is 0. The maximum absolute atomic E-state index is 5.67. The molecule has 0 saturated heterocycles. The van der Waals surface area contributed by atoms with Gasteiger partial charge in [0, 0.05) is 38.2 Å². The van der Waals surface area contributed by atoms with Crippen LogP contribution in [-0.2, 0) is 25.9 Å². The molecule has 5 nitrogen and oxygen atoms in total. The molecule has 3 heterocycles. The minimum atomic E-state index is 0.703. The summed E-state index contributed by atoms with van der Waals surface area (Å²) < 4.78 is 5.67. The first-order valence-electron chi connectivity index (χ1n) is 8.75. The fourth-order valence-corrected chi connectivity index (χ4v) is 3.70. The van der Waals surface area contributed by atoms with Crippen molar-refractivity contribution in [1.82, 2.24) is 14.9 Å². The van der Waals surface area contributed by atoms with Crippen LogP contribution in [0.3, 0.4) is 0 Å². The zero-order valence-electron chi connectivity index (χ0n) is 14.5. The van der Waals surface area contributed by atoms with E-state index in [4.69, 9.17) is 4.74 Å². The van der Waals surface area contributed by atoms with Crippen LogP contribution in [0.15, 0.2) is 24.5 Å². The Hall–Kier alpha value is -2.14. The van der Waals surface area contributed by atoms with Crippen molar-refractivity contribution in [3.8, 4) is 5.75 Å². The van der Waals surface area contributed by atoms with Crippen LogP contribution < -0.4 is 9.64 Å². The molecule has 2 aliphatic rings. The third-order valence-corrected chi connectivity index (χ3v) is 4.97. The normalized spacial score (nSPS) is 17.3. The Balaban J connectivity index is 1.64. The van der Waals surface area contributed by atoms with E-state index in [-0.39, 0.29) is 0 Å². The molecule has 1 aromatic carbocycles. The molecule has 0 bridgehead atoms. The van der Waals surface area contributed by atoms with Crippen molar-refractivity contribution in [3.05, 3.63) is 46.9 Å². The third kappa shape index (κ3) is 2.84. The van der Waals surface area contributed by atoms with Gasteiger partial charge < -0.3 is 14.5 Å². The molecule has 0 unspecified atom stereocenters. The second-order valence-electron chi connectivity index (χ2n) is 6.65. The summed E-state index contributed by atoms with van der Waals surface area (Å²) in [6, 6.07) is 6.48. The first-order valence-corrected chi connectivity index (χ1v) is 8.75. The predicted octanol–water partition coefficient (Wildman–Crippen LogP) is 2.43. The van der Waals surface area contributed by atoms with E-state index in [0.29, 0.717) is 6.61 Å². The fourth-order valence-electron chi connectivity index (χ4n) is 3.70. The summed E-state index contributed by atoms with van der Waals surface area (Å²) in [6.45, 7) is 6.64. The van der Waals surface area contributed by atoms with Gasteiger partial charge in [-0.05, 0) is 43.7 Å². The lowest BCUT2D eigenvalue weighted by atomic mass is 9.98. The molecule has 2 aliphatic heterocycles. The van der Waals surface area contributed by atoms with Crippen LogP contribution in [0.5, 0.6) is 5.75 Å². The highest BCUT2D eigenvalue weighted by Gasteiger charge is 2.24. The molecule has 2 aromatic rings. The quantitative estimate of drug-likeness (QED) is 0.867. The summed E-state index contributed by atoms with van der Waals surface area (Å²) in [5.41, 5.74) is 5.29. The number of aromatic nitrogens is 2. The summed E-state index contributed by atoms with van der Waals surface area (Å²) in [6.07, 6.45) is 3.79.